The molecular formula is C21H12F3N3O2. The van der Waals surface area contributed by atoms with E-state index in [2.05, 4.69) is 9.72 Å². The highest BCUT2D eigenvalue weighted by atomic mass is 19.3. The largest absolute Gasteiger partial charge is 0.434 e. The van der Waals surface area contributed by atoms with Gasteiger partial charge in [-0.2, -0.15) is 14.0 Å². The van der Waals surface area contributed by atoms with Gasteiger partial charge in [-0.15, -0.1) is 0 Å². The Labute approximate surface area is 163 Å². The lowest BCUT2D eigenvalue weighted by molar-refractivity contribution is -0.0494. The average Bonchev–Trinajstić information content (AvgIpc) is 3.05. The van der Waals surface area contributed by atoms with Crippen molar-refractivity contribution in [1.82, 2.24) is 4.98 Å². The van der Waals surface area contributed by atoms with E-state index in [4.69, 9.17) is 5.26 Å². The third-order valence-electron chi connectivity index (χ3n) is 4.57. The molecule has 4 rings (SSSR count). The van der Waals surface area contributed by atoms with Crippen LogP contribution in [0.3, 0.4) is 0 Å². The number of aromatic nitrogens is 1. The molecule has 1 aliphatic rings. The van der Waals surface area contributed by atoms with Crippen molar-refractivity contribution in [3.63, 3.8) is 0 Å². The molecule has 29 heavy (non-hydrogen) atoms. The quantitative estimate of drug-likeness (QED) is 0.651. The molecule has 0 atom stereocenters. The number of nitriles is 1. The molecule has 0 saturated heterocycles. The second-order valence-corrected chi connectivity index (χ2v) is 6.25. The summed E-state index contributed by atoms with van der Waals surface area (Å²) in [7, 11) is 0. The fraction of sp³-hybridized carbons (Fsp3) is 0.0952. The van der Waals surface area contributed by atoms with Gasteiger partial charge in [0.1, 0.15) is 11.6 Å². The van der Waals surface area contributed by atoms with Crippen molar-refractivity contribution in [2.45, 2.75) is 13.2 Å². The Kier molecular flexibility index (Phi) is 4.64. The summed E-state index contributed by atoms with van der Waals surface area (Å²) in [6, 6.07) is 13.0. The number of alkyl halides is 2. The summed E-state index contributed by atoms with van der Waals surface area (Å²) in [4.78, 5) is 18.6. The van der Waals surface area contributed by atoms with E-state index >= 15 is 0 Å². The van der Waals surface area contributed by atoms with Gasteiger partial charge in [-0.3, -0.25) is 9.78 Å². The van der Waals surface area contributed by atoms with Crippen LogP contribution in [-0.2, 0) is 6.54 Å². The molecule has 0 aliphatic carbocycles. The van der Waals surface area contributed by atoms with Gasteiger partial charge in [-0.1, -0.05) is 0 Å². The van der Waals surface area contributed by atoms with Crippen LogP contribution in [0.25, 0.3) is 11.3 Å². The lowest BCUT2D eigenvalue weighted by Gasteiger charge is -2.16. The van der Waals surface area contributed by atoms with Crippen LogP contribution in [-0.4, -0.2) is 17.5 Å². The normalized spacial score (nSPS) is 12.8. The maximum atomic E-state index is 13.2. The Bertz CT molecular complexity index is 1140. The minimum Gasteiger partial charge on any atom is -0.434 e. The number of benzene rings is 2. The summed E-state index contributed by atoms with van der Waals surface area (Å²) >= 11 is 0. The van der Waals surface area contributed by atoms with Crippen LogP contribution in [0.2, 0.25) is 0 Å². The summed E-state index contributed by atoms with van der Waals surface area (Å²) in [6.07, 6.45) is 1.41. The fourth-order valence-corrected chi connectivity index (χ4v) is 3.27. The molecule has 5 nitrogen and oxygen atoms in total. The second-order valence-electron chi connectivity index (χ2n) is 6.25. The molecular weight excluding hydrogens is 383 g/mol. The molecule has 0 N–H and O–H groups in total. The van der Waals surface area contributed by atoms with E-state index in [1.54, 1.807) is 6.07 Å². The van der Waals surface area contributed by atoms with E-state index < -0.39 is 12.4 Å². The zero-order valence-corrected chi connectivity index (χ0v) is 14.8. The van der Waals surface area contributed by atoms with Crippen LogP contribution >= 0.6 is 0 Å². The first-order valence-electron chi connectivity index (χ1n) is 8.52. The second kappa shape index (κ2) is 7.28. The Hall–Kier alpha value is -3.86. The molecule has 2 aromatic carbocycles. The summed E-state index contributed by atoms with van der Waals surface area (Å²) < 4.78 is 43.6. The van der Waals surface area contributed by atoms with Gasteiger partial charge in [-0.25, -0.2) is 4.39 Å². The monoisotopic (exact) mass is 395 g/mol. The van der Waals surface area contributed by atoms with Crippen LogP contribution in [0.1, 0.15) is 21.5 Å². The van der Waals surface area contributed by atoms with Gasteiger partial charge in [0.2, 0.25) is 0 Å². The van der Waals surface area contributed by atoms with E-state index in [1.165, 1.54) is 53.6 Å². The highest BCUT2D eigenvalue weighted by Crippen LogP contribution is 2.38. The number of anilines is 1. The zero-order chi connectivity index (χ0) is 20.5. The lowest BCUT2D eigenvalue weighted by atomic mass is 10.0. The molecule has 3 aromatic rings. The van der Waals surface area contributed by atoms with E-state index in [9.17, 15) is 18.0 Å². The van der Waals surface area contributed by atoms with Crippen molar-refractivity contribution in [1.29, 1.82) is 5.26 Å². The molecule has 8 heteroatoms. The number of ether oxygens (including phenoxy) is 1. The van der Waals surface area contributed by atoms with Crippen LogP contribution in [0.4, 0.5) is 18.9 Å². The van der Waals surface area contributed by atoms with Gasteiger partial charge in [0.05, 0.1) is 23.9 Å². The summed E-state index contributed by atoms with van der Waals surface area (Å²) in [6.45, 7) is -2.95. The highest BCUT2D eigenvalue weighted by molar-refractivity contribution is 6.11. The minimum atomic E-state index is -3.09. The fourth-order valence-electron chi connectivity index (χ4n) is 3.27. The third-order valence-corrected chi connectivity index (χ3v) is 4.57. The highest BCUT2D eigenvalue weighted by Gasteiger charge is 2.32. The Morgan fingerprint density at radius 2 is 1.86 bits per heavy atom. The number of hydrogen-bond donors (Lipinski definition) is 0. The van der Waals surface area contributed by atoms with Gasteiger partial charge in [0.15, 0.2) is 0 Å². The van der Waals surface area contributed by atoms with Gasteiger partial charge in [0.25, 0.3) is 5.91 Å². The van der Waals surface area contributed by atoms with Crippen molar-refractivity contribution >= 4 is 11.6 Å². The molecule has 0 saturated carbocycles. The van der Waals surface area contributed by atoms with E-state index in [0.29, 0.717) is 22.5 Å². The van der Waals surface area contributed by atoms with Crippen LogP contribution in [0, 0.1) is 17.1 Å². The van der Waals surface area contributed by atoms with E-state index in [1.807, 2.05) is 6.07 Å². The first-order chi connectivity index (χ1) is 14.0. The summed E-state index contributed by atoms with van der Waals surface area (Å²) in [5.41, 5.74) is 2.11. The molecule has 1 aromatic heterocycles. The molecule has 2 heterocycles. The summed E-state index contributed by atoms with van der Waals surface area (Å²) in [5, 5.41) is 9.04. The molecule has 0 unspecified atom stereocenters. The average molecular weight is 395 g/mol. The van der Waals surface area contributed by atoms with Crippen molar-refractivity contribution in [3.05, 3.63) is 77.2 Å². The maximum Gasteiger partial charge on any atom is 0.387 e. The minimum absolute atomic E-state index is 0.136. The first kappa shape index (κ1) is 18.5. The number of carbonyl (C=O) groups excluding carboxylic acids is 1. The first-order valence-corrected chi connectivity index (χ1v) is 8.52. The number of rotatable bonds is 4. The molecule has 0 bridgehead atoms. The third kappa shape index (κ3) is 3.38. The van der Waals surface area contributed by atoms with Gasteiger partial charge >= 0.3 is 6.61 Å². The van der Waals surface area contributed by atoms with Crippen molar-refractivity contribution < 1.29 is 22.7 Å². The Balaban J connectivity index is 1.80. The summed E-state index contributed by atoms with van der Waals surface area (Å²) in [5.74, 6) is -0.931. The lowest BCUT2D eigenvalue weighted by Crippen LogP contribution is -2.22. The topological polar surface area (TPSA) is 66.2 Å². The maximum absolute atomic E-state index is 13.2. The molecule has 0 fully saturated rings. The van der Waals surface area contributed by atoms with Crippen LogP contribution < -0.4 is 9.64 Å². The van der Waals surface area contributed by atoms with Crippen molar-refractivity contribution in [2.75, 3.05) is 4.90 Å². The number of hydrogen-bond acceptors (Lipinski definition) is 4. The predicted octanol–water partition coefficient (Wildman–Crippen LogP) is 4.52. The van der Waals surface area contributed by atoms with Crippen molar-refractivity contribution in [3.8, 4) is 23.1 Å². The van der Waals surface area contributed by atoms with Gasteiger partial charge in [-0.05, 0) is 48.5 Å². The molecule has 144 valence electrons. The van der Waals surface area contributed by atoms with E-state index in [0.717, 1.165) is 0 Å². The van der Waals surface area contributed by atoms with Gasteiger partial charge in [0, 0.05) is 28.6 Å². The number of pyridine rings is 1. The number of fused-ring (bicyclic) bond motifs is 1. The molecule has 0 spiro atoms. The zero-order valence-electron chi connectivity index (χ0n) is 14.8. The van der Waals surface area contributed by atoms with Gasteiger partial charge < -0.3 is 9.64 Å². The standard InChI is InChI=1S/C21H12F3N3O2/c22-13-2-4-14(5-3-13)27-11-17-15(20(27)28)7-8-26-19(17)16-6-1-12(10-25)9-18(16)29-21(23)24/h1-9,21H,11H2. The number of halogens is 3. The Morgan fingerprint density at radius 1 is 1.10 bits per heavy atom. The molecule has 1 amide bonds. The van der Waals surface area contributed by atoms with Crippen LogP contribution in [0.5, 0.6) is 5.75 Å². The predicted molar refractivity (Wildman–Crippen MR) is 97.9 cm³/mol. The smallest absolute Gasteiger partial charge is 0.387 e. The number of carbonyl (C=O) groups is 1. The van der Waals surface area contributed by atoms with Crippen LogP contribution in [0.15, 0.2) is 54.7 Å². The molecule has 1 aliphatic heterocycles. The SMILES string of the molecule is N#Cc1ccc(-c2nccc3c2CN(c2ccc(F)cc2)C3=O)c(OC(F)F)c1. The number of nitrogens with zero attached hydrogens (tertiary/aromatic N) is 3. The molecule has 0 radical (unpaired) electrons. The Morgan fingerprint density at radius 3 is 2.55 bits per heavy atom. The van der Waals surface area contributed by atoms with Crippen molar-refractivity contribution in [2.24, 2.45) is 0 Å². The number of amides is 1. The van der Waals surface area contributed by atoms with E-state index in [-0.39, 0.29) is 29.3 Å².